The first-order chi connectivity index (χ1) is 15.6. The van der Waals surface area contributed by atoms with Crippen molar-refractivity contribution in [3.05, 3.63) is 79.9 Å². The molecule has 0 saturated carbocycles. The van der Waals surface area contributed by atoms with Gasteiger partial charge in [0.05, 0.1) is 21.7 Å². The van der Waals surface area contributed by atoms with Crippen LogP contribution in [0, 0.1) is 13.8 Å². The number of nitrogens with zero attached hydrogens (tertiary/aromatic N) is 2. The molecule has 0 radical (unpaired) electrons. The number of carbonyl (C=O) groups is 1. The summed E-state index contributed by atoms with van der Waals surface area (Å²) in [4.78, 5) is 32.2. The second-order valence-electron chi connectivity index (χ2n) is 7.36. The number of amides is 1. The minimum absolute atomic E-state index is 0.165. The summed E-state index contributed by atoms with van der Waals surface area (Å²) in [5.74, 6) is -0.633. The van der Waals surface area contributed by atoms with Crippen molar-refractivity contribution in [3.8, 4) is 11.4 Å². The number of hydrogen-bond donors (Lipinski definition) is 1. The van der Waals surface area contributed by atoms with E-state index in [-0.39, 0.29) is 11.5 Å². The monoisotopic (exact) mass is 491 g/mol. The molecule has 5 nitrogen and oxygen atoms in total. The average Bonchev–Trinajstić information content (AvgIpc) is 3.04. The van der Waals surface area contributed by atoms with Crippen molar-refractivity contribution >= 4 is 44.7 Å². The summed E-state index contributed by atoms with van der Waals surface area (Å²) < 4.78 is 41.1. The second kappa shape index (κ2) is 8.64. The van der Waals surface area contributed by atoms with Crippen LogP contribution in [0.15, 0.2) is 53.3 Å². The Morgan fingerprint density at radius 3 is 2.48 bits per heavy atom. The van der Waals surface area contributed by atoms with Gasteiger partial charge < -0.3 is 5.32 Å². The Bertz CT molecular complexity index is 1440. The highest BCUT2D eigenvalue weighted by molar-refractivity contribution is 7.18. The number of carbonyl (C=O) groups excluding carboxylic acids is 1. The summed E-state index contributed by atoms with van der Waals surface area (Å²) in [6.45, 7) is 3.11. The lowest BCUT2D eigenvalue weighted by molar-refractivity contribution is -0.137. The molecule has 4 rings (SSSR count). The molecule has 2 heterocycles. The number of fused-ring (bicyclic) bond motifs is 1. The van der Waals surface area contributed by atoms with Crippen molar-refractivity contribution in [1.29, 1.82) is 0 Å². The number of nitrogens with one attached hydrogen (secondary N) is 1. The fraction of sp³-hybridized carbons (Fsp3) is 0.174. The van der Waals surface area contributed by atoms with E-state index in [2.05, 4.69) is 10.3 Å². The number of aromatic nitrogens is 2. The van der Waals surface area contributed by atoms with Gasteiger partial charge >= 0.3 is 6.18 Å². The number of para-hydroxylation sites is 1. The summed E-state index contributed by atoms with van der Waals surface area (Å²) >= 11 is 7.68. The molecule has 170 valence electrons. The summed E-state index contributed by atoms with van der Waals surface area (Å²) in [6.07, 6.45) is -4.64. The average molecular weight is 492 g/mol. The van der Waals surface area contributed by atoms with Gasteiger partial charge in [-0.15, -0.1) is 11.3 Å². The van der Waals surface area contributed by atoms with Crippen LogP contribution in [0.4, 0.5) is 18.9 Å². The van der Waals surface area contributed by atoms with Gasteiger partial charge in [0, 0.05) is 10.4 Å². The molecule has 10 heteroatoms. The molecule has 0 aliphatic carbocycles. The van der Waals surface area contributed by atoms with Gasteiger partial charge in [-0.25, -0.2) is 4.98 Å². The van der Waals surface area contributed by atoms with Crippen LogP contribution in [0.25, 0.3) is 21.6 Å². The van der Waals surface area contributed by atoms with Gasteiger partial charge in [0.25, 0.3) is 5.56 Å². The van der Waals surface area contributed by atoms with Crippen molar-refractivity contribution in [2.45, 2.75) is 26.6 Å². The maximum absolute atomic E-state index is 13.4. The zero-order valence-corrected chi connectivity index (χ0v) is 19.0. The Kier molecular flexibility index (Phi) is 6.02. The summed E-state index contributed by atoms with van der Waals surface area (Å²) in [5.41, 5.74) is -0.648. The molecule has 0 aliphatic heterocycles. The lowest BCUT2D eigenvalue weighted by atomic mass is 10.1. The van der Waals surface area contributed by atoms with Crippen LogP contribution >= 0.6 is 22.9 Å². The molecule has 0 bridgehead atoms. The van der Waals surface area contributed by atoms with Crippen molar-refractivity contribution < 1.29 is 18.0 Å². The highest BCUT2D eigenvalue weighted by Crippen LogP contribution is 2.35. The van der Waals surface area contributed by atoms with E-state index in [0.29, 0.717) is 20.8 Å². The third-order valence-electron chi connectivity index (χ3n) is 5.21. The second-order valence-corrected chi connectivity index (χ2v) is 8.97. The molecule has 1 amide bonds. The van der Waals surface area contributed by atoms with E-state index in [0.717, 1.165) is 27.1 Å². The first-order valence-electron chi connectivity index (χ1n) is 9.79. The Balaban J connectivity index is 1.82. The molecular formula is C23H17ClF3N3O2S. The Hall–Kier alpha value is -3.17. The highest BCUT2D eigenvalue weighted by Gasteiger charge is 2.33. The number of thiophene rings is 1. The number of hydrogen-bond acceptors (Lipinski definition) is 4. The van der Waals surface area contributed by atoms with Gasteiger partial charge in [-0.1, -0.05) is 35.9 Å². The lowest BCUT2D eigenvalue weighted by Gasteiger charge is -2.16. The van der Waals surface area contributed by atoms with Crippen LogP contribution in [0.1, 0.15) is 16.0 Å². The Labute approximate surface area is 195 Å². The molecule has 0 aliphatic rings. The van der Waals surface area contributed by atoms with E-state index >= 15 is 0 Å². The molecule has 0 saturated heterocycles. The smallest absolute Gasteiger partial charge is 0.324 e. The number of aryl methyl sites for hydroxylation is 2. The molecule has 2 aromatic carbocycles. The van der Waals surface area contributed by atoms with Crippen LogP contribution < -0.4 is 10.9 Å². The molecule has 0 unspecified atom stereocenters. The number of benzene rings is 2. The van der Waals surface area contributed by atoms with E-state index in [4.69, 9.17) is 11.6 Å². The topological polar surface area (TPSA) is 64.0 Å². The number of rotatable bonds is 4. The maximum Gasteiger partial charge on any atom is 0.418 e. The van der Waals surface area contributed by atoms with Crippen molar-refractivity contribution in [2.24, 2.45) is 0 Å². The molecule has 1 N–H and O–H groups in total. The Morgan fingerprint density at radius 2 is 1.79 bits per heavy atom. The molecule has 4 aromatic rings. The number of anilines is 1. The van der Waals surface area contributed by atoms with Gasteiger partial charge in [-0.2, -0.15) is 13.2 Å². The fourth-order valence-corrected chi connectivity index (χ4v) is 4.73. The van der Waals surface area contributed by atoms with Crippen LogP contribution in [0.3, 0.4) is 0 Å². The van der Waals surface area contributed by atoms with Gasteiger partial charge in [0.1, 0.15) is 17.2 Å². The maximum atomic E-state index is 13.4. The van der Waals surface area contributed by atoms with E-state index in [9.17, 15) is 22.8 Å². The largest absolute Gasteiger partial charge is 0.418 e. The fourth-order valence-electron chi connectivity index (χ4n) is 3.49. The SMILES string of the molecule is Cc1sc2nc(-c3ccccc3Cl)n(CC(=O)Nc3ccccc3C(F)(F)F)c(=O)c2c1C. The van der Waals surface area contributed by atoms with Gasteiger partial charge in [0.2, 0.25) is 5.91 Å². The van der Waals surface area contributed by atoms with E-state index < -0.39 is 29.8 Å². The van der Waals surface area contributed by atoms with Crippen molar-refractivity contribution in [2.75, 3.05) is 5.32 Å². The van der Waals surface area contributed by atoms with E-state index in [1.165, 1.54) is 23.5 Å². The molecule has 0 fully saturated rings. The quantitative estimate of drug-likeness (QED) is 0.378. The van der Waals surface area contributed by atoms with Crippen molar-refractivity contribution in [3.63, 3.8) is 0 Å². The first kappa shape index (κ1) is 23.0. The minimum atomic E-state index is -4.64. The lowest BCUT2D eigenvalue weighted by Crippen LogP contribution is -2.30. The third-order valence-corrected chi connectivity index (χ3v) is 6.64. The van der Waals surface area contributed by atoms with Crippen LogP contribution in [-0.4, -0.2) is 15.5 Å². The Morgan fingerprint density at radius 1 is 1.12 bits per heavy atom. The number of alkyl halides is 3. The zero-order valence-electron chi connectivity index (χ0n) is 17.5. The van der Waals surface area contributed by atoms with Gasteiger partial charge in [-0.3, -0.25) is 14.2 Å². The van der Waals surface area contributed by atoms with Crippen LogP contribution in [0.5, 0.6) is 0 Å². The normalized spacial score (nSPS) is 11.7. The highest BCUT2D eigenvalue weighted by atomic mass is 35.5. The van der Waals surface area contributed by atoms with Crippen LogP contribution in [0.2, 0.25) is 5.02 Å². The molecule has 0 spiro atoms. The predicted molar refractivity (Wildman–Crippen MR) is 124 cm³/mol. The van der Waals surface area contributed by atoms with Crippen molar-refractivity contribution in [1.82, 2.24) is 9.55 Å². The first-order valence-corrected chi connectivity index (χ1v) is 11.0. The van der Waals surface area contributed by atoms with Gasteiger partial charge in [0.15, 0.2) is 0 Å². The predicted octanol–water partition coefficient (Wildman–Crippen LogP) is 6.05. The summed E-state index contributed by atoms with van der Waals surface area (Å²) in [6, 6.07) is 11.4. The third kappa shape index (κ3) is 4.38. The van der Waals surface area contributed by atoms with E-state index in [1.54, 1.807) is 31.2 Å². The standard InChI is InChI=1S/C23H17ClF3N3O2S/c1-12-13(2)33-21-19(12)22(32)30(20(29-21)14-7-3-5-9-16(14)24)11-18(31)28-17-10-6-4-8-15(17)23(25,26)27/h3-10H,11H2,1-2H3,(H,28,31). The molecule has 0 atom stereocenters. The molecule has 33 heavy (non-hydrogen) atoms. The summed E-state index contributed by atoms with van der Waals surface area (Å²) in [5, 5.41) is 2.97. The van der Waals surface area contributed by atoms with Gasteiger partial charge in [-0.05, 0) is 43.7 Å². The molecule has 2 aromatic heterocycles. The zero-order chi connectivity index (χ0) is 23.9. The number of halogens is 4. The van der Waals surface area contributed by atoms with Crippen LogP contribution in [-0.2, 0) is 17.5 Å². The minimum Gasteiger partial charge on any atom is -0.324 e. The molecular weight excluding hydrogens is 475 g/mol. The van der Waals surface area contributed by atoms with E-state index in [1.807, 2.05) is 6.92 Å². The summed E-state index contributed by atoms with van der Waals surface area (Å²) in [7, 11) is 0.